The van der Waals surface area contributed by atoms with Crippen LogP contribution in [0.3, 0.4) is 0 Å². The molecule has 2 bridgehead atoms. The number of aryl methyl sites for hydroxylation is 1. The Morgan fingerprint density at radius 1 is 0.986 bits per heavy atom. The van der Waals surface area contributed by atoms with E-state index < -0.39 is 5.72 Å². The monoisotopic (exact) mass is 967 g/mol. The smallest absolute Gasteiger partial charge is 0.332 e. The van der Waals surface area contributed by atoms with Crippen molar-refractivity contribution in [2.24, 2.45) is 13.0 Å². The lowest BCUT2D eigenvalue weighted by Crippen LogP contribution is -2.59. The lowest BCUT2D eigenvalue weighted by atomic mass is 9.93. The number of fused-ring (bicyclic) bond motifs is 14. The zero-order valence-corrected chi connectivity index (χ0v) is 42.7. The summed E-state index contributed by atoms with van der Waals surface area (Å²) in [5.74, 6) is 1.80. The van der Waals surface area contributed by atoms with Crippen molar-refractivity contribution in [3.05, 3.63) is 110 Å². The molecule has 4 aromatic heterocycles. The number of imidazole rings is 1. The molecule has 71 heavy (non-hydrogen) atoms. The standard InChI is InChI=1S/C28H26N4O3.C16H25NO3.C10H14N4O2/c1-28-26(34-3)17(29-2)12-20(35-28)31-18-10-6-4-8-14(18)22-23-16(13-30-27(23)33)21-15-9-5-7-11-19(15)32(28)25(21)24(22)31;1-11(2)14-10-15(20-13(4)18)12(3)9-16(14)19-8-7-17(5)6;1-6(2)4-14-8-7(11-5-12-8)9(15)13(3)10(14)16/h4-11,17,20,26,29H,12-13H2,1-3H3,(H,30,33);9-11H,7-8H2,1-6H3;5-6H,4H2,1-3H3,(H,11,12)/t17-,20-,26-,28+;;/m0../s1. The largest absolute Gasteiger partial charge is 0.492 e. The van der Waals surface area contributed by atoms with Crippen molar-refractivity contribution >= 4 is 66.7 Å². The SMILES string of the molecule is CC(=O)Oc1cc(C(C)C)c(OCCN(C)C)cc1C.CC(C)Cn1c(=O)n(C)c(=O)c2[nH]cnc21.CN[C@H]1C[C@@H]2O[C@](C)([C@H]1OC)n1c3ccccc3c3c4c(c5c6ccccc6n2c5c31)C(=O)NC4. The molecule has 1 fully saturated rings. The zero-order valence-electron chi connectivity index (χ0n) is 42.7. The van der Waals surface area contributed by atoms with Crippen LogP contribution < -0.4 is 31.4 Å². The number of aromatic nitrogens is 6. The molecule has 4 aromatic carbocycles. The third kappa shape index (κ3) is 8.27. The first-order valence-corrected chi connectivity index (χ1v) is 24.3. The molecule has 17 nitrogen and oxygen atoms in total. The number of para-hydroxylation sites is 2. The highest BCUT2D eigenvalue weighted by Crippen LogP contribution is 2.53. The zero-order chi connectivity index (χ0) is 50.8. The Balaban J connectivity index is 0.000000148. The third-order valence-electron chi connectivity index (χ3n) is 14.0. The maximum Gasteiger partial charge on any atom is 0.332 e. The number of likely N-dealkylation sites (N-methyl/N-ethyl adjacent to an activating group) is 2. The quantitative estimate of drug-likeness (QED) is 0.0917. The highest BCUT2D eigenvalue weighted by Gasteiger charge is 2.53. The lowest BCUT2D eigenvalue weighted by Gasteiger charge is -2.48. The van der Waals surface area contributed by atoms with Gasteiger partial charge in [-0.3, -0.25) is 23.5 Å². The van der Waals surface area contributed by atoms with Gasteiger partial charge < -0.3 is 48.6 Å². The maximum absolute atomic E-state index is 13.3. The molecule has 8 aromatic rings. The van der Waals surface area contributed by atoms with Gasteiger partial charge in [-0.2, -0.15) is 0 Å². The second-order valence-corrected chi connectivity index (χ2v) is 19.9. The van der Waals surface area contributed by atoms with Crippen LogP contribution in [0.2, 0.25) is 0 Å². The van der Waals surface area contributed by atoms with Crippen LogP contribution in [-0.2, 0) is 40.1 Å². The molecule has 1 amide bonds. The Hall–Kier alpha value is -6.79. The summed E-state index contributed by atoms with van der Waals surface area (Å²) >= 11 is 0. The van der Waals surface area contributed by atoms with Crippen molar-refractivity contribution < 1.29 is 28.5 Å². The Kier molecular flexibility index (Phi) is 13.2. The molecule has 0 radical (unpaired) electrons. The molecule has 17 heteroatoms. The Morgan fingerprint density at radius 3 is 2.32 bits per heavy atom. The van der Waals surface area contributed by atoms with E-state index >= 15 is 0 Å². The van der Waals surface area contributed by atoms with E-state index in [0.717, 1.165) is 89.1 Å². The second-order valence-electron chi connectivity index (χ2n) is 19.9. The number of aromatic amines is 1. The predicted octanol–water partition coefficient (Wildman–Crippen LogP) is 7.42. The normalized spacial score (nSPS) is 19.1. The minimum Gasteiger partial charge on any atom is -0.492 e. The van der Waals surface area contributed by atoms with Gasteiger partial charge in [-0.25, -0.2) is 9.78 Å². The van der Waals surface area contributed by atoms with Gasteiger partial charge in [-0.15, -0.1) is 0 Å². The van der Waals surface area contributed by atoms with Gasteiger partial charge in [0.2, 0.25) is 0 Å². The summed E-state index contributed by atoms with van der Waals surface area (Å²) < 4.78 is 31.7. The fraction of sp³-hybridized carbons (Fsp3) is 0.426. The average Bonchev–Trinajstić information content (AvgIpc) is 4.12. The van der Waals surface area contributed by atoms with Crippen molar-refractivity contribution in [2.75, 3.05) is 41.4 Å². The van der Waals surface area contributed by atoms with Crippen LogP contribution in [0.5, 0.6) is 11.5 Å². The third-order valence-corrected chi connectivity index (χ3v) is 14.0. The molecule has 3 aliphatic heterocycles. The van der Waals surface area contributed by atoms with E-state index in [2.05, 4.69) is 104 Å². The van der Waals surface area contributed by atoms with Crippen LogP contribution in [0.25, 0.3) is 54.8 Å². The van der Waals surface area contributed by atoms with Gasteiger partial charge in [0.25, 0.3) is 11.5 Å². The number of amides is 1. The molecule has 0 unspecified atom stereocenters. The Labute approximate surface area is 411 Å². The number of H-pyrrole nitrogens is 1. The number of hydrogen-bond donors (Lipinski definition) is 3. The van der Waals surface area contributed by atoms with Crippen LogP contribution in [0.15, 0.2) is 76.6 Å². The Bertz CT molecular complexity index is 3500. The van der Waals surface area contributed by atoms with E-state index in [0.29, 0.717) is 48.4 Å². The summed E-state index contributed by atoms with van der Waals surface area (Å²) in [7, 11) is 9.27. The Morgan fingerprint density at radius 2 is 1.68 bits per heavy atom. The van der Waals surface area contributed by atoms with E-state index in [1.807, 2.05) is 54.0 Å². The van der Waals surface area contributed by atoms with Gasteiger partial charge in [0.05, 0.1) is 34.0 Å². The van der Waals surface area contributed by atoms with E-state index in [1.165, 1.54) is 24.9 Å². The molecule has 0 saturated carbocycles. The highest BCUT2D eigenvalue weighted by atomic mass is 16.6. The van der Waals surface area contributed by atoms with Gasteiger partial charge in [0, 0.05) is 80.3 Å². The van der Waals surface area contributed by atoms with E-state index in [9.17, 15) is 19.2 Å². The maximum atomic E-state index is 13.3. The molecule has 3 aliphatic rings. The van der Waals surface area contributed by atoms with Crippen LogP contribution in [0.4, 0.5) is 0 Å². The van der Waals surface area contributed by atoms with E-state index in [1.54, 1.807) is 7.11 Å². The molecule has 1 saturated heterocycles. The second kappa shape index (κ2) is 19.1. The van der Waals surface area contributed by atoms with Crippen LogP contribution >= 0.6 is 0 Å². The first-order valence-electron chi connectivity index (χ1n) is 24.3. The number of benzene rings is 4. The highest BCUT2D eigenvalue weighted by molar-refractivity contribution is 6.31. The summed E-state index contributed by atoms with van der Waals surface area (Å²) in [5.41, 5.74) is 7.63. The van der Waals surface area contributed by atoms with Crippen molar-refractivity contribution in [3.8, 4) is 11.5 Å². The molecule has 0 aliphatic carbocycles. The minimum absolute atomic E-state index is 0.00357. The van der Waals surface area contributed by atoms with Crippen molar-refractivity contribution in [1.29, 1.82) is 0 Å². The topological polar surface area (TPSA) is 181 Å². The van der Waals surface area contributed by atoms with Gasteiger partial charge >= 0.3 is 11.7 Å². The van der Waals surface area contributed by atoms with Crippen LogP contribution in [0, 0.1) is 12.8 Å². The fourth-order valence-corrected chi connectivity index (χ4v) is 10.9. The molecule has 374 valence electrons. The minimum atomic E-state index is -0.760. The number of methoxy groups -OCH3 is 1. The van der Waals surface area contributed by atoms with Gasteiger partial charge in [0.1, 0.15) is 36.0 Å². The number of hydrogen-bond acceptors (Lipinski definition) is 11. The molecule has 3 N–H and O–H groups in total. The number of nitrogens with zero attached hydrogens (tertiary/aromatic N) is 6. The lowest BCUT2D eigenvalue weighted by molar-refractivity contribution is -0.256. The number of nitrogens with one attached hydrogen (secondary N) is 3. The molecule has 11 rings (SSSR count). The molecular weight excluding hydrogens is 903 g/mol. The van der Waals surface area contributed by atoms with Crippen molar-refractivity contribution in [2.45, 2.75) is 98.0 Å². The summed E-state index contributed by atoms with van der Waals surface area (Å²) in [5, 5.41) is 11.0. The summed E-state index contributed by atoms with van der Waals surface area (Å²) in [4.78, 5) is 56.9. The van der Waals surface area contributed by atoms with E-state index in [4.69, 9.17) is 18.9 Å². The van der Waals surface area contributed by atoms with Gasteiger partial charge in [-0.1, -0.05) is 64.1 Å². The molecule has 0 spiro atoms. The number of carbonyl (C=O) groups excluding carboxylic acids is 2. The molecular formula is C54H65N9O8. The summed E-state index contributed by atoms with van der Waals surface area (Å²) in [6, 6.07) is 20.8. The average molecular weight is 968 g/mol. The van der Waals surface area contributed by atoms with Gasteiger partial charge in [0.15, 0.2) is 11.4 Å². The van der Waals surface area contributed by atoms with E-state index in [-0.39, 0.29) is 41.5 Å². The number of rotatable bonds is 10. The number of carbonyl (C=O) groups is 2. The number of ether oxygens (including phenoxy) is 4. The van der Waals surface area contributed by atoms with Crippen molar-refractivity contribution in [1.82, 2.24) is 43.8 Å². The number of esters is 1. The summed E-state index contributed by atoms with van der Waals surface area (Å²) in [6.45, 7) is 16.3. The van der Waals surface area contributed by atoms with Crippen LogP contribution in [0.1, 0.15) is 87.2 Å². The first kappa shape index (κ1) is 49.2. The van der Waals surface area contributed by atoms with Gasteiger partial charge in [-0.05, 0) is 82.2 Å². The fourth-order valence-electron chi connectivity index (χ4n) is 10.9. The van der Waals surface area contributed by atoms with Crippen LogP contribution in [-0.4, -0.2) is 98.6 Å². The predicted molar refractivity (Wildman–Crippen MR) is 277 cm³/mol. The summed E-state index contributed by atoms with van der Waals surface area (Å²) in [6.07, 6.45) is 1.77. The molecule has 4 atom stereocenters. The molecule has 7 heterocycles. The first-order chi connectivity index (χ1) is 33.9. The van der Waals surface area contributed by atoms with Crippen molar-refractivity contribution in [3.63, 3.8) is 0 Å².